The first kappa shape index (κ1) is 12.0. The average molecular weight is 241 g/mol. The molecular formula is C12H13F2NO2. The van der Waals surface area contributed by atoms with Crippen molar-refractivity contribution in [1.29, 1.82) is 0 Å². The van der Waals surface area contributed by atoms with Gasteiger partial charge in [0.05, 0.1) is 5.56 Å². The summed E-state index contributed by atoms with van der Waals surface area (Å²) in [5.74, 6) is -2.82. The molecule has 1 heterocycles. The van der Waals surface area contributed by atoms with Gasteiger partial charge < -0.3 is 5.11 Å². The predicted octanol–water partition coefficient (Wildman–Crippen LogP) is 2.19. The van der Waals surface area contributed by atoms with Crippen LogP contribution in [0.3, 0.4) is 0 Å². The first-order valence-corrected chi connectivity index (χ1v) is 5.52. The molecule has 1 aliphatic heterocycles. The van der Waals surface area contributed by atoms with E-state index in [0.29, 0.717) is 13.1 Å². The highest BCUT2D eigenvalue weighted by Gasteiger charge is 2.33. The normalized spacial score (nSPS) is 18.2. The lowest BCUT2D eigenvalue weighted by Gasteiger charge is -2.24. The highest BCUT2D eigenvalue weighted by atomic mass is 19.1. The van der Waals surface area contributed by atoms with Gasteiger partial charge in [-0.05, 0) is 38.1 Å². The van der Waals surface area contributed by atoms with Gasteiger partial charge in [-0.15, -0.1) is 0 Å². The summed E-state index contributed by atoms with van der Waals surface area (Å²) in [4.78, 5) is 12.8. The Kier molecular flexibility index (Phi) is 3.38. The van der Waals surface area contributed by atoms with Crippen molar-refractivity contribution in [2.45, 2.75) is 18.9 Å². The molecule has 1 atom stereocenters. The van der Waals surface area contributed by atoms with Crippen molar-refractivity contribution >= 4 is 5.97 Å². The van der Waals surface area contributed by atoms with Crippen LogP contribution in [0, 0.1) is 11.6 Å². The van der Waals surface area contributed by atoms with Crippen LogP contribution in [0.1, 0.15) is 24.4 Å². The SMILES string of the molecule is O=C(O)[C@@H](c1c(F)cccc1F)N1CCCC1. The van der Waals surface area contributed by atoms with E-state index in [0.717, 1.165) is 25.0 Å². The standard InChI is InChI=1S/C12H13F2NO2/c13-8-4-3-5-9(14)10(8)11(12(16)17)15-6-1-2-7-15/h3-5,11H,1-2,6-7H2,(H,16,17)/t11-/m1/s1. The van der Waals surface area contributed by atoms with E-state index in [9.17, 15) is 13.6 Å². The van der Waals surface area contributed by atoms with Gasteiger partial charge in [0.25, 0.3) is 0 Å². The third-order valence-corrected chi connectivity index (χ3v) is 3.01. The zero-order valence-electron chi connectivity index (χ0n) is 9.20. The summed E-state index contributed by atoms with van der Waals surface area (Å²) < 4.78 is 27.2. The van der Waals surface area contributed by atoms with Crippen LogP contribution in [0.4, 0.5) is 8.78 Å². The molecule has 2 rings (SSSR count). The molecule has 0 aliphatic carbocycles. The van der Waals surface area contributed by atoms with Crippen molar-refractivity contribution in [3.8, 4) is 0 Å². The molecule has 5 heteroatoms. The Labute approximate surface area is 97.7 Å². The molecule has 1 aromatic rings. The third kappa shape index (κ3) is 2.29. The van der Waals surface area contributed by atoms with E-state index in [2.05, 4.69) is 0 Å². The van der Waals surface area contributed by atoms with E-state index in [1.54, 1.807) is 4.90 Å². The number of rotatable bonds is 3. The van der Waals surface area contributed by atoms with Crippen molar-refractivity contribution in [2.24, 2.45) is 0 Å². The topological polar surface area (TPSA) is 40.5 Å². The van der Waals surface area contributed by atoms with Crippen molar-refractivity contribution in [3.05, 3.63) is 35.4 Å². The molecule has 0 bridgehead atoms. The molecule has 1 fully saturated rings. The third-order valence-electron chi connectivity index (χ3n) is 3.01. The molecule has 92 valence electrons. The number of carboxylic acids is 1. The smallest absolute Gasteiger partial charge is 0.325 e. The molecule has 17 heavy (non-hydrogen) atoms. The van der Waals surface area contributed by atoms with Gasteiger partial charge >= 0.3 is 5.97 Å². The zero-order chi connectivity index (χ0) is 12.4. The Morgan fingerprint density at radius 2 is 1.76 bits per heavy atom. The van der Waals surface area contributed by atoms with Crippen molar-refractivity contribution in [1.82, 2.24) is 4.90 Å². The first-order chi connectivity index (χ1) is 8.11. The maximum atomic E-state index is 13.6. The number of halogens is 2. The number of carboxylic acid groups (broad SMARTS) is 1. The molecule has 1 N–H and O–H groups in total. The van der Waals surface area contributed by atoms with Crippen LogP contribution in [0.5, 0.6) is 0 Å². The lowest BCUT2D eigenvalue weighted by Crippen LogP contribution is -2.33. The summed E-state index contributed by atoms with van der Waals surface area (Å²) in [5, 5.41) is 9.16. The summed E-state index contributed by atoms with van der Waals surface area (Å²) in [5.41, 5.74) is -0.359. The number of likely N-dealkylation sites (tertiary alicyclic amines) is 1. The second-order valence-corrected chi connectivity index (χ2v) is 4.12. The number of hydrogen-bond donors (Lipinski definition) is 1. The molecule has 0 saturated carbocycles. The molecule has 1 aliphatic rings. The minimum absolute atomic E-state index is 0.359. The van der Waals surface area contributed by atoms with Gasteiger partial charge in [0.2, 0.25) is 0 Å². The van der Waals surface area contributed by atoms with Gasteiger partial charge in [-0.25, -0.2) is 8.78 Å². The Morgan fingerprint density at radius 1 is 1.24 bits per heavy atom. The molecule has 0 unspecified atom stereocenters. The number of hydrogen-bond acceptors (Lipinski definition) is 2. The van der Waals surface area contributed by atoms with Crippen molar-refractivity contribution in [2.75, 3.05) is 13.1 Å². The number of carbonyl (C=O) groups is 1. The molecular weight excluding hydrogens is 228 g/mol. The van der Waals surface area contributed by atoms with Crippen LogP contribution >= 0.6 is 0 Å². The van der Waals surface area contributed by atoms with E-state index in [1.165, 1.54) is 6.07 Å². The largest absolute Gasteiger partial charge is 0.480 e. The maximum Gasteiger partial charge on any atom is 0.325 e. The van der Waals surface area contributed by atoms with Crippen LogP contribution in [-0.4, -0.2) is 29.1 Å². The second kappa shape index (κ2) is 4.79. The van der Waals surface area contributed by atoms with Crippen LogP contribution in [0.25, 0.3) is 0 Å². The zero-order valence-corrected chi connectivity index (χ0v) is 9.20. The first-order valence-electron chi connectivity index (χ1n) is 5.52. The summed E-state index contributed by atoms with van der Waals surface area (Å²) in [6.07, 6.45) is 1.72. The van der Waals surface area contributed by atoms with Crippen LogP contribution < -0.4 is 0 Å². The van der Waals surface area contributed by atoms with Gasteiger partial charge in [0, 0.05) is 0 Å². The average Bonchev–Trinajstić information content (AvgIpc) is 2.76. The fraction of sp³-hybridized carbons (Fsp3) is 0.417. The molecule has 1 saturated heterocycles. The quantitative estimate of drug-likeness (QED) is 0.881. The lowest BCUT2D eigenvalue weighted by molar-refractivity contribution is -0.143. The van der Waals surface area contributed by atoms with Gasteiger partial charge in [0.1, 0.15) is 17.7 Å². The molecule has 3 nitrogen and oxygen atoms in total. The van der Waals surface area contributed by atoms with Crippen LogP contribution in [-0.2, 0) is 4.79 Å². The monoisotopic (exact) mass is 241 g/mol. The Balaban J connectivity index is 2.42. The molecule has 0 spiro atoms. The summed E-state index contributed by atoms with van der Waals surface area (Å²) in [7, 11) is 0. The molecule has 0 aromatic heterocycles. The van der Waals surface area contributed by atoms with Crippen molar-refractivity contribution < 1.29 is 18.7 Å². The Hall–Kier alpha value is -1.49. The summed E-state index contributed by atoms with van der Waals surface area (Å²) in [6, 6.07) is 2.19. The molecule has 1 aromatic carbocycles. The van der Waals surface area contributed by atoms with Crippen molar-refractivity contribution in [3.63, 3.8) is 0 Å². The van der Waals surface area contributed by atoms with E-state index in [4.69, 9.17) is 5.11 Å². The van der Waals surface area contributed by atoms with Crippen LogP contribution in [0.2, 0.25) is 0 Å². The predicted molar refractivity (Wildman–Crippen MR) is 57.5 cm³/mol. The van der Waals surface area contributed by atoms with E-state index in [-0.39, 0.29) is 5.56 Å². The van der Waals surface area contributed by atoms with E-state index in [1.807, 2.05) is 0 Å². The van der Waals surface area contributed by atoms with E-state index >= 15 is 0 Å². The minimum Gasteiger partial charge on any atom is -0.480 e. The second-order valence-electron chi connectivity index (χ2n) is 4.12. The minimum atomic E-state index is -1.22. The Morgan fingerprint density at radius 3 is 2.24 bits per heavy atom. The number of benzene rings is 1. The highest BCUT2D eigenvalue weighted by molar-refractivity contribution is 5.75. The Bertz CT molecular complexity index is 410. The lowest BCUT2D eigenvalue weighted by atomic mass is 10.0. The summed E-state index contributed by atoms with van der Waals surface area (Å²) in [6.45, 7) is 1.12. The highest BCUT2D eigenvalue weighted by Crippen LogP contribution is 2.29. The number of nitrogens with zero attached hydrogens (tertiary/aromatic N) is 1. The maximum absolute atomic E-state index is 13.6. The summed E-state index contributed by atoms with van der Waals surface area (Å²) >= 11 is 0. The number of aliphatic carboxylic acids is 1. The fourth-order valence-corrected chi connectivity index (χ4v) is 2.23. The van der Waals surface area contributed by atoms with Gasteiger partial charge in [-0.3, -0.25) is 9.69 Å². The van der Waals surface area contributed by atoms with Crippen LogP contribution in [0.15, 0.2) is 18.2 Å². The van der Waals surface area contributed by atoms with Gasteiger partial charge in [-0.1, -0.05) is 6.07 Å². The van der Waals surface area contributed by atoms with Gasteiger partial charge in [-0.2, -0.15) is 0 Å². The molecule has 0 radical (unpaired) electrons. The molecule has 0 amide bonds. The fourth-order valence-electron chi connectivity index (χ4n) is 2.23. The van der Waals surface area contributed by atoms with Gasteiger partial charge in [0.15, 0.2) is 0 Å². The van der Waals surface area contributed by atoms with E-state index < -0.39 is 23.6 Å².